The number of hydrogen-bond donors (Lipinski definition) is 1. The van der Waals surface area contributed by atoms with Crippen LogP contribution in [0.1, 0.15) is 16.7 Å². The van der Waals surface area contributed by atoms with Crippen molar-refractivity contribution in [3.05, 3.63) is 118 Å². The van der Waals surface area contributed by atoms with Crippen molar-refractivity contribution in [2.45, 2.75) is 13.5 Å². The van der Waals surface area contributed by atoms with Crippen molar-refractivity contribution in [3.8, 4) is 0 Å². The van der Waals surface area contributed by atoms with E-state index in [2.05, 4.69) is 34.1 Å². The number of rotatable bonds is 4. The second-order valence-electron chi connectivity index (χ2n) is 9.21. The third-order valence-corrected chi connectivity index (χ3v) is 7.33. The summed E-state index contributed by atoms with van der Waals surface area (Å²) in [5.41, 5.74) is 3.60. The smallest absolute Gasteiger partial charge is 0.335 e. The number of para-hydroxylation sites is 1. The van der Waals surface area contributed by atoms with E-state index in [4.69, 9.17) is 11.6 Å². The number of carbonyl (C=O) groups excluding carboxylic acids is 3. The van der Waals surface area contributed by atoms with Crippen molar-refractivity contribution < 1.29 is 14.4 Å². The van der Waals surface area contributed by atoms with Crippen LogP contribution >= 0.6 is 11.6 Å². The lowest BCUT2D eigenvalue weighted by Crippen LogP contribution is -2.54. The fourth-order valence-electron chi connectivity index (χ4n) is 5.00. The zero-order valence-electron chi connectivity index (χ0n) is 20.4. The number of benzene rings is 4. The molecular weight excluding hydrogens is 498 g/mol. The van der Waals surface area contributed by atoms with Crippen molar-refractivity contribution in [1.82, 2.24) is 9.88 Å². The number of barbiturate groups is 1. The Bertz CT molecular complexity index is 1810. The zero-order valence-corrected chi connectivity index (χ0v) is 21.2. The van der Waals surface area contributed by atoms with Crippen LogP contribution in [-0.2, 0) is 16.1 Å². The van der Waals surface area contributed by atoms with Crippen LogP contribution in [0.5, 0.6) is 0 Å². The van der Waals surface area contributed by atoms with E-state index in [-0.39, 0.29) is 5.57 Å². The Kier molecular flexibility index (Phi) is 5.81. The van der Waals surface area contributed by atoms with Crippen LogP contribution in [0.25, 0.3) is 27.8 Å². The van der Waals surface area contributed by atoms with Crippen LogP contribution in [0, 0.1) is 6.92 Å². The van der Waals surface area contributed by atoms with Gasteiger partial charge < -0.3 is 4.57 Å². The SMILES string of the molecule is Cc1c(Cl)cccc1N1C(=O)NC(=O)/C(=C\c2cn(Cc3cccc4ccccc34)c3ccccc23)C1=O. The molecule has 0 bridgehead atoms. The predicted molar refractivity (Wildman–Crippen MR) is 150 cm³/mol. The molecule has 7 heteroatoms. The van der Waals surface area contributed by atoms with Gasteiger partial charge in [0, 0.05) is 34.2 Å². The highest BCUT2D eigenvalue weighted by atomic mass is 35.5. The highest BCUT2D eigenvalue weighted by Gasteiger charge is 2.37. The minimum absolute atomic E-state index is 0.128. The van der Waals surface area contributed by atoms with E-state index in [0.29, 0.717) is 28.4 Å². The summed E-state index contributed by atoms with van der Waals surface area (Å²) in [5.74, 6) is -1.43. The number of nitrogens with zero attached hydrogens (tertiary/aromatic N) is 2. The van der Waals surface area contributed by atoms with Gasteiger partial charge in [-0.05, 0) is 53.1 Å². The van der Waals surface area contributed by atoms with Crippen LogP contribution in [0.4, 0.5) is 10.5 Å². The Labute approximate surface area is 223 Å². The Morgan fingerprint density at radius 3 is 2.39 bits per heavy atom. The largest absolute Gasteiger partial charge is 0.342 e. The van der Waals surface area contributed by atoms with Crippen LogP contribution in [0.3, 0.4) is 0 Å². The van der Waals surface area contributed by atoms with E-state index in [0.717, 1.165) is 26.8 Å². The fourth-order valence-corrected chi connectivity index (χ4v) is 5.17. The van der Waals surface area contributed by atoms with E-state index >= 15 is 0 Å². The van der Waals surface area contributed by atoms with Gasteiger partial charge >= 0.3 is 6.03 Å². The maximum atomic E-state index is 13.5. The summed E-state index contributed by atoms with van der Waals surface area (Å²) >= 11 is 6.24. The van der Waals surface area contributed by atoms with Gasteiger partial charge in [-0.25, -0.2) is 9.69 Å². The highest BCUT2D eigenvalue weighted by molar-refractivity contribution is 6.40. The maximum absolute atomic E-state index is 13.5. The molecule has 0 unspecified atom stereocenters. The first-order valence-electron chi connectivity index (χ1n) is 12.1. The van der Waals surface area contributed by atoms with Crippen LogP contribution < -0.4 is 10.2 Å². The summed E-state index contributed by atoms with van der Waals surface area (Å²) < 4.78 is 2.11. The van der Waals surface area contributed by atoms with Crippen molar-refractivity contribution in [3.63, 3.8) is 0 Å². The van der Waals surface area contributed by atoms with Crippen LogP contribution in [0.15, 0.2) is 96.7 Å². The number of urea groups is 1. The monoisotopic (exact) mass is 519 g/mol. The second-order valence-corrected chi connectivity index (χ2v) is 9.62. The first-order chi connectivity index (χ1) is 18.4. The van der Waals surface area contributed by atoms with Crippen molar-refractivity contribution in [1.29, 1.82) is 0 Å². The van der Waals surface area contributed by atoms with E-state index in [1.165, 1.54) is 5.39 Å². The molecule has 6 rings (SSSR count). The lowest BCUT2D eigenvalue weighted by atomic mass is 10.0. The Balaban J connectivity index is 1.44. The predicted octanol–water partition coefficient (Wildman–Crippen LogP) is 6.47. The van der Waals surface area contributed by atoms with Gasteiger partial charge in [-0.15, -0.1) is 0 Å². The summed E-state index contributed by atoms with van der Waals surface area (Å²) in [6.07, 6.45) is 3.49. The Morgan fingerprint density at radius 1 is 0.842 bits per heavy atom. The van der Waals surface area contributed by atoms with Gasteiger partial charge in [-0.2, -0.15) is 0 Å². The first kappa shape index (κ1) is 23.7. The molecule has 6 nitrogen and oxygen atoms in total. The second kappa shape index (κ2) is 9.32. The van der Waals surface area contributed by atoms with Gasteiger partial charge in [0.15, 0.2) is 0 Å². The molecule has 1 aliphatic heterocycles. The molecule has 1 N–H and O–H groups in total. The minimum atomic E-state index is -0.805. The number of fused-ring (bicyclic) bond motifs is 2. The standard InChI is InChI=1S/C31H22ClN3O3/c1-19-26(32)13-7-15-27(19)35-30(37)25(29(36)33-31(35)38)16-22-18-34(28-14-5-4-12-24(22)28)17-21-10-6-9-20-8-2-3-11-23(20)21/h2-16,18H,17H2,1H3,(H,33,36,38)/b25-16+. The molecule has 38 heavy (non-hydrogen) atoms. The molecule has 0 aliphatic carbocycles. The van der Waals surface area contributed by atoms with Gasteiger partial charge in [0.2, 0.25) is 0 Å². The first-order valence-corrected chi connectivity index (χ1v) is 12.5. The Hall–Kier alpha value is -4.68. The molecule has 4 aromatic carbocycles. The van der Waals surface area contributed by atoms with Crippen LogP contribution in [-0.4, -0.2) is 22.4 Å². The minimum Gasteiger partial charge on any atom is -0.342 e. The molecule has 0 radical (unpaired) electrons. The van der Waals surface area contributed by atoms with Gasteiger partial charge in [-0.3, -0.25) is 14.9 Å². The third kappa shape index (κ3) is 3.96. The van der Waals surface area contributed by atoms with Crippen molar-refractivity contribution in [2.24, 2.45) is 0 Å². The molecule has 1 aromatic heterocycles. The van der Waals surface area contributed by atoms with Gasteiger partial charge in [-0.1, -0.05) is 78.3 Å². The number of carbonyl (C=O) groups is 3. The number of nitrogens with one attached hydrogen (secondary N) is 1. The number of amides is 4. The summed E-state index contributed by atoms with van der Waals surface area (Å²) in [6.45, 7) is 2.33. The number of anilines is 1. The number of imide groups is 2. The van der Waals surface area contributed by atoms with Gasteiger partial charge in [0.1, 0.15) is 5.57 Å². The van der Waals surface area contributed by atoms with Gasteiger partial charge in [0.25, 0.3) is 11.8 Å². The molecule has 0 atom stereocenters. The van der Waals surface area contributed by atoms with Crippen molar-refractivity contribution in [2.75, 3.05) is 4.90 Å². The number of aromatic nitrogens is 1. The van der Waals surface area contributed by atoms with E-state index in [1.54, 1.807) is 31.2 Å². The van der Waals surface area contributed by atoms with Crippen LogP contribution in [0.2, 0.25) is 5.02 Å². The number of hydrogen-bond acceptors (Lipinski definition) is 3. The molecule has 2 heterocycles. The third-order valence-electron chi connectivity index (χ3n) is 6.92. The lowest BCUT2D eigenvalue weighted by molar-refractivity contribution is -0.122. The van der Waals surface area contributed by atoms with E-state index < -0.39 is 17.8 Å². The summed E-state index contributed by atoms with van der Waals surface area (Å²) in [6, 6.07) is 26.5. The zero-order chi connectivity index (χ0) is 26.4. The molecular formula is C31H22ClN3O3. The fraction of sp³-hybridized carbons (Fsp3) is 0.0645. The van der Waals surface area contributed by atoms with Gasteiger partial charge in [0.05, 0.1) is 5.69 Å². The summed E-state index contributed by atoms with van der Waals surface area (Å²) in [5, 5.41) is 5.94. The average Bonchev–Trinajstić information content (AvgIpc) is 3.26. The molecule has 4 amide bonds. The highest BCUT2D eigenvalue weighted by Crippen LogP contribution is 2.31. The topological polar surface area (TPSA) is 71.4 Å². The summed E-state index contributed by atoms with van der Waals surface area (Å²) in [7, 11) is 0. The van der Waals surface area contributed by atoms with E-state index in [1.807, 2.05) is 48.7 Å². The summed E-state index contributed by atoms with van der Waals surface area (Å²) in [4.78, 5) is 40.0. The maximum Gasteiger partial charge on any atom is 0.335 e. The van der Waals surface area contributed by atoms with E-state index in [9.17, 15) is 14.4 Å². The molecule has 186 valence electrons. The number of halogens is 1. The molecule has 0 saturated carbocycles. The molecule has 1 fully saturated rings. The Morgan fingerprint density at radius 2 is 1.55 bits per heavy atom. The quantitative estimate of drug-likeness (QED) is 0.218. The molecule has 0 spiro atoms. The molecule has 5 aromatic rings. The normalized spacial score (nSPS) is 15.1. The molecule has 1 saturated heterocycles. The lowest BCUT2D eigenvalue weighted by Gasteiger charge is -2.27. The molecule has 1 aliphatic rings. The average molecular weight is 520 g/mol. The van der Waals surface area contributed by atoms with Crippen molar-refractivity contribution >= 4 is 62.9 Å².